The summed E-state index contributed by atoms with van der Waals surface area (Å²) in [5.74, 6) is 0.00285. The van der Waals surface area contributed by atoms with Gasteiger partial charge in [-0.25, -0.2) is 4.98 Å². The topological polar surface area (TPSA) is 143 Å². The van der Waals surface area contributed by atoms with Gasteiger partial charge in [0, 0.05) is 29.5 Å². The molecule has 32 heavy (non-hydrogen) atoms. The fraction of sp³-hybridized carbons (Fsp3) is 0.250. The summed E-state index contributed by atoms with van der Waals surface area (Å²) in [6, 6.07) is 16.9. The number of carbonyl (C=O) groups excluding carboxylic acids is 1. The molecule has 3 aromatic rings. The van der Waals surface area contributed by atoms with Crippen molar-refractivity contribution in [2.24, 2.45) is 11.5 Å². The van der Waals surface area contributed by atoms with Gasteiger partial charge >= 0.3 is 0 Å². The predicted octanol–water partition coefficient (Wildman–Crippen LogP) is 3.54. The van der Waals surface area contributed by atoms with E-state index >= 15 is 0 Å². The number of anilines is 3. The number of nitrogens with one attached hydrogen (secondary N) is 2. The van der Waals surface area contributed by atoms with Crippen LogP contribution in [0.5, 0.6) is 0 Å². The molecule has 1 aliphatic rings. The Labute approximate surface area is 186 Å². The number of benzene rings is 1. The second-order valence-corrected chi connectivity index (χ2v) is 7.88. The minimum atomic E-state index is -0.668. The molecule has 162 valence electrons. The predicted molar refractivity (Wildman–Crippen MR) is 124 cm³/mol. The number of hydrogen-bond acceptors (Lipinski definition) is 7. The number of amides is 1. The number of nitriles is 1. The zero-order chi connectivity index (χ0) is 22.5. The molecule has 2 atom stereocenters. The van der Waals surface area contributed by atoms with Crippen molar-refractivity contribution in [3.8, 4) is 17.3 Å². The van der Waals surface area contributed by atoms with Crippen LogP contribution >= 0.6 is 0 Å². The molecule has 0 saturated heterocycles. The molecule has 0 bridgehead atoms. The van der Waals surface area contributed by atoms with Crippen LogP contribution in [-0.4, -0.2) is 28.0 Å². The van der Waals surface area contributed by atoms with Crippen molar-refractivity contribution >= 4 is 23.2 Å². The van der Waals surface area contributed by atoms with Gasteiger partial charge in [0.1, 0.15) is 17.7 Å². The second kappa shape index (κ2) is 9.45. The normalized spacial score (nSPS) is 17.9. The van der Waals surface area contributed by atoms with E-state index in [1.165, 1.54) is 6.07 Å². The van der Waals surface area contributed by atoms with Crippen molar-refractivity contribution in [1.29, 1.82) is 5.26 Å². The van der Waals surface area contributed by atoms with Crippen LogP contribution in [0.1, 0.15) is 41.6 Å². The van der Waals surface area contributed by atoms with Crippen molar-refractivity contribution in [2.75, 3.05) is 10.6 Å². The number of nitrogens with two attached hydrogens (primary N) is 2. The van der Waals surface area contributed by atoms with Crippen LogP contribution in [0, 0.1) is 11.3 Å². The first kappa shape index (κ1) is 21.3. The Hall–Kier alpha value is -3.96. The van der Waals surface area contributed by atoms with Crippen molar-refractivity contribution in [2.45, 2.75) is 37.8 Å². The lowest BCUT2D eigenvalue weighted by atomic mass is 9.91. The van der Waals surface area contributed by atoms with E-state index in [0.29, 0.717) is 11.5 Å². The number of rotatable bonds is 6. The molecule has 8 nitrogen and oxygen atoms in total. The van der Waals surface area contributed by atoms with Crippen LogP contribution in [-0.2, 0) is 0 Å². The van der Waals surface area contributed by atoms with Gasteiger partial charge in [-0.15, -0.1) is 0 Å². The van der Waals surface area contributed by atoms with E-state index in [1.54, 1.807) is 6.20 Å². The quantitative estimate of drug-likeness (QED) is 0.471. The monoisotopic (exact) mass is 427 g/mol. The maximum atomic E-state index is 12.1. The van der Waals surface area contributed by atoms with Crippen LogP contribution in [0.2, 0.25) is 0 Å². The maximum Gasteiger partial charge on any atom is 0.252 e. The van der Waals surface area contributed by atoms with Crippen LogP contribution in [0.15, 0.2) is 54.7 Å². The largest absolute Gasteiger partial charge is 0.365 e. The molecule has 0 aliphatic heterocycles. The Kier molecular flexibility index (Phi) is 6.29. The van der Waals surface area contributed by atoms with E-state index in [9.17, 15) is 10.1 Å². The van der Waals surface area contributed by atoms with Crippen LogP contribution in [0.25, 0.3) is 11.3 Å². The van der Waals surface area contributed by atoms with Crippen molar-refractivity contribution < 1.29 is 4.79 Å². The molecule has 2 unspecified atom stereocenters. The molecule has 2 aromatic heterocycles. The summed E-state index contributed by atoms with van der Waals surface area (Å²) in [5, 5.41) is 16.1. The van der Waals surface area contributed by atoms with Gasteiger partial charge in [-0.1, -0.05) is 31.0 Å². The summed E-state index contributed by atoms with van der Waals surface area (Å²) in [5.41, 5.74) is 14.7. The summed E-state index contributed by atoms with van der Waals surface area (Å²) in [7, 11) is 0. The van der Waals surface area contributed by atoms with Gasteiger partial charge < -0.3 is 22.1 Å². The number of hydrogen-bond donors (Lipinski definition) is 4. The minimum absolute atomic E-state index is 0.0145. The Bertz CT molecular complexity index is 1160. The zero-order valence-electron chi connectivity index (χ0n) is 17.6. The number of aromatic nitrogens is 2. The smallest absolute Gasteiger partial charge is 0.252 e. The van der Waals surface area contributed by atoms with E-state index < -0.39 is 5.91 Å². The first-order valence-electron chi connectivity index (χ1n) is 10.6. The first-order chi connectivity index (χ1) is 15.5. The maximum absolute atomic E-state index is 12.1. The molecule has 1 aromatic carbocycles. The first-order valence-corrected chi connectivity index (χ1v) is 10.6. The molecule has 8 heteroatoms. The average molecular weight is 428 g/mol. The average Bonchev–Trinajstić information content (AvgIpc) is 2.81. The van der Waals surface area contributed by atoms with E-state index in [0.717, 1.165) is 36.9 Å². The summed E-state index contributed by atoms with van der Waals surface area (Å²) >= 11 is 0. The standard InChI is InChI=1S/C24H25N7O/c25-14-16-13-18(22(27)32)24(31-23(16)30-21-10-2-1-8-19(21)26)29-17-7-5-6-15(12-17)20-9-3-4-11-28-20/h3-7,9,11-13,19,21H,1-2,8,10,26H2,(H2,27,32)(H2,29,30,31). The fourth-order valence-electron chi connectivity index (χ4n) is 3.93. The Balaban J connectivity index is 1.68. The Morgan fingerprint density at radius 3 is 2.66 bits per heavy atom. The summed E-state index contributed by atoms with van der Waals surface area (Å²) < 4.78 is 0. The van der Waals surface area contributed by atoms with Gasteiger partial charge in [0.05, 0.1) is 16.8 Å². The van der Waals surface area contributed by atoms with E-state index in [-0.39, 0.29) is 29.0 Å². The second-order valence-electron chi connectivity index (χ2n) is 7.88. The van der Waals surface area contributed by atoms with Gasteiger partial charge in [-0.3, -0.25) is 9.78 Å². The van der Waals surface area contributed by atoms with E-state index in [2.05, 4.69) is 26.7 Å². The molecule has 0 spiro atoms. The highest BCUT2D eigenvalue weighted by atomic mass is 16.1. The van der Waals surface area contributed by atoms with Crippen LogP contribution < -0.4 is 22.1 Å². The highest BCUT2D eigenvalue weighted by molar-refractivity contribution is 5.99. The molecular formula is C24H25N7O. The molecule has 1 aliphatic carbocycles. The fourth-order valence-corrected chi connectivity index (χ4v) is 3.93. The third kappa shape index (κ3) is 4.68. The summed E-state index contributed by atoms with van der Waals surface area (Å²) in [6.07, 6.45) is 5.72. The highest BCUT2D eigenvalue weighted by Crippen LogP contribution is 2.28. The van der Waals surface area contributed by atoms with Crippen LogP contribution in [0.4, 0.5) is 17.3 Å². The SMILES string of the molecule is N#Cc1cc(C(N)=O)c(Nc2cccc(-c3ccccn3)c2)nc1NC1CCCCC1N. The lowest BCUT2D eigenvalue weighted by Gasteiger charge is -2.30. The van der Waals surface area contributed by atoms with E-state index in [4.69, 9.17) is 11.5 Å². The molecule has 1 saturated carbocycles. The highest BCUT2D eigenvalue weighted by Gasteiger charge is 2.24. The zero-order valence-corrected chi connectivity index (χ0v) is 17.6. The molecule has 2 heterocycles. The van der Waals surface area contributed by atoms with E-state index in [1.807, 2.05) is 42.5 Å². The van der Waals surface area contributed by atoms with Gasteiger partial charge in [0.2, 0.25) is 0 Å². The molecule has 4 rings (SSSR count). The number of primary amides is 1. The van der Waals surface area contributed by atoms with Gasteiger partial charge in [-0.05, 0) is 43.2 Å². The number of nitrogens with zero attached hydrogens (tertiary/aromatic N) is 3. The van der Waals surface area contributed by atoms with Gasteiger partial charge in [-0.2, -0.15) is 5.26 Å². The molecule has 1 fully saturated rings. The molecule has 0 radical (unpaired) electrons. The third-order valence-electron chi connectivity index (χ3n) is 5.64. The lowest BCUT2D eigenvalue weighted by molar-refractivity contribution is 0.100. The van der Waals surface area contributed by atoms with Gasteiger partial charge in [0.25, 0.3) is 5.91 Å². The van der Waals surface area contributed by atoms with Gasteiger partial charge in [0.15, 0.2) is 0 Å². The Morgan fingerprint density at radius 2 is 1.94 bits per heavy atom. The summed E-state index contributed by atoms with van der Waals surface area (Å²) in [6.45, 7) is 0. The Morgan fingerprint density at radius 1 is 1.09 bits per heavy atom. The number of carbonyl (C=O) groups is 1. The lowest BCUT2D eigenvalue weighted by Crippen LogP contribution is -2.43. The van der Waals surface area contributed by atoms with Crippen LogP contribution in [0.3, 0.4) is 0 Å². The third-order valence-corrected chi connectivity index (χ3v) is 5.64. The number of pyridine rings is 2. The molecular weight excluding hydrogens is 402 g/mol. The van der Waals surface area contributed by atoms with Crippen molar-refractivity contribution in [3.05, 3.63) is 65.9 Å². The minimum Gasteiger partial charge on any atom is -0.365 e. The molecule has 6 N–H and O–H groups in total. The summed E-state index contributed by atoms with van der Waals surface area (Å²) in [4.78, 5) is 21.1. The molecule has 1 amide bonds. The van der Waals surface area contributed by atoms with Crippen molar-refractivity contribution in [3.63, 3.8) is 0 Å². The van der Waals surface area contributed by atoms with Crippen molar-refractivity contribution in [1.82, 2.24) is 9.97 Å².